The van der Waals surface area contributed by atoms with Crippen LogP contribution >= 0.6 is 0 Å². The van der Waals surface area contributed by atoms with E-state index in [2.05, 4.69) is 25.2 Å². The highest BCUT2D eigenvalue weighted by Gasteiger charge is 2.26. The summed E-state index contributed by atoms with van der Waals surface area (Å²) in [4.78, 5) is 15.0. The Kier molecular flexibility index (Phi) is 6.48. The fourth-order valence-corrected chi connectivity index (χ4v) is 1.40. The van der Waals surface area contributed by atoms with Gasteiger partial charge in [-0.2, -0.15) is 18.3 Å². The SMILES string of the molecule is COC(=O)CCCC(=N)n1ncc(NC(N)=NCC(F)(F)F)n1. The van der Waals surface area contributed by atoms with E-state index in [0.717, 1.165) is 4.80 Å². The van der Waals surface area contributed by atoms with Gasteiger partial charge in [0, 0.05) is 12.8 Å². The summed E-state index contributed by atoms with van der Waals surface area (Å²) < 4.78 is 40.4. The number of guanidine groups is 1. The number of hydrogen-bond acceptors (Lipinski definition) is 6. The topological polar surface area (TPSA) is 131 Å². The number of ether oxygens (including phenoxy) is 1. The van der Waals surface area contributed by atoms with Gasteiger partial charge >= 0.3 is 12.1 Å². The summed E-state index contributed by atoms with van der Waals surface area (Å²) >= 11 is 0. The van der Waals surface area contributed by atoms with Crippen LogP contribution in [-0.4, -0.2) is 52.6 Å². The van der Waals surface area contributed by atoms with Crippen LogP contribution in [0.3, 0.4) is 0 Å². The molecule has 0 aliphatic carbocycles. The Labute approximate surface area is 129 Å². The molecule has 12 heteroatoms. The molecule has 0 aromatic carbocycles. The smallest absolute Gasteiger partial charge is 0.408 e. The number of aliphatic imine (C=N–C) groups is 1. The summed E-state index contributed by atoms with van der Waals surface area (Å²) in [6, 6.07) is 0. The summed E-state index contributed by atoms with van der Waals surface area (Å²) in [5, 5.41) is 17.7. The second kappa shape index (κ2) is 8.10. The van der Waals surface area contributed by atoms with Crippen LogP contribution in [0, 0.1) is 5.41 Å². The Morgan fingerprint density at radius 2 is 2.22 bits per heavy atom. The van der Waals surface area contributed by atoms with Gasteiger partial charge in [-0.25, -0.2) is 4.99 Å². The van der Waals surface area contributed by atoms with Crippen LogP contribution in [0.4, 0.5) is 19.0 Å². The summed E-state index contributed by atoms with van der Waals surface area (Å²) in [6.45, 7) is -1.41. The molecular formula is C11H16F3N7O2. The molecule has 128 valence electrons. The number of rotatable bonds is 6. The molecule has 0 aliphatic heterocycles. The van der Waals surface area contributed by atoms with Crippen LogP contribution in [0.1, 0.15) is 19.3 Å². The lowest BCUT2D eigenvalue weighted by molar-refractivity contribution is -0.140. The van der Waals surface area contributed by atoms with Gasteiger partial charge in [0.05, 0.1) is 13.3 Å². The van der Waals surface area contributed by atoms with Gasteiger partial charge in [-0.3, -0.25) is 10.2 Å². The summed E-state index contributed by atoms with van der Waals surface area (Å²) in [7, 11) is 1.27. The van der Waals surface area contributed by atoms with E-state index in [1.807, 2.05) is 0 Å². The van der Waals surface area contributed by atoms with Crippen molar-refractivity contribution in [2.45, 2.75) is 25.4 Å². The largest absolute Gasteiger partial charge is 0.469 e. The first kappa shape index (κ1) is 18.4. The number of esters is 1. The Hall–Kier alpha value is -2.66. The molecule has 0 bridgehead atoms. The molecule has 1 aromatic heterocycles. The minimum Gasteiger partial charge on any atom is -0.469 e. The van der Waals surface area contributed by atoms with Crippen molar-refractivity contribution in [3.8, 4) is 0 Å². The molecule has 0 unspecified atom stereocenters. The summed E-state index contributed by atoms with van der Waals surface area (Å²) in [5.41, 5.74) is 5.28. The van der Waals surface area contributed by atoms with Crippen molar-refractivity contribution in [1.29, 1.82) is 5.41 Å². The van der Waals surface area contributed by atoms with E-state index in [-0.39, 0.29) is 30.5 Å². The van der Waals surface area contributed by atoms with E-state index in [1.54, 1.807) is 0 Å². The van der Waals surface area contributed by atoms with Gasteiger partial charge in [0.25, 0.3) is 0 Å². The zero-order valence-electron chi connectivity index (χ0n) is 12.2. The number of halogens is 3. The van der Waals surface area contributed by atoms with Crippen LogP contribution in [0.15, 0.2) is 11.2 Å². The number of carbonyl (C=O) groups is 1. The number of nitrogens with one attached hydrogen (secondary N) is 2. The molecule has 1 aromatic rings. The normalized spacial score (nSPS) is 12.1. The van der Waals surface area contributed by atoms with Crippen molar-refractivity contribution in [2.24, 2.45) is 10.7 Å². The van der Waals surface area contributed by atoms with Crippen LogP contribution < -0.4 is 11.1 Å². The van der Waals surface area contributed by atoms with Crippen LogP contribution in [0.2, 0.25) is 0 Å². The molecule has 0 amide bonds. The quantitative estimate of drug-likeness (QED) is 0.399. The number of nitrogens with two attached hydrogens (primary N) is 1. The zero-order chi connectivity index (χ0) is 17.5. The predicted octanol–water partition coefficient (Wildman–Crippen LogP) is 0.736. The lowest BCUT2D eigenvalue weighted by Crippen LogP contribution is -2.26. The maximum absolute atomic E-state index is 12.0. The molecule has 0 atom stereocenters. The number of hydrogen-bond donors (Lipinski definition) is 3. The lowest BCUT2D eigenvalue weighted by atomic mass is 10.2. The average molecular weight is 335 g/mol. The highest BCUT2D eigenvalue weighted by Crippen LogP contribution is 2.14. The highest BCUT2D eigenvalue weighted by molar-refractivity contribution is 5.91. The molecule has 9 nitrogen and oxygen atoms in total. The third kappa shape index (κ3) is 7.24. The van der Waals surface area contributed by atoms with Crippen molar-refractivity contribution in [1.82, 2.24) is 15.0 Å². The van der Waals surface area contributed by atoms with Crippen molar-refractivity contribution in [3.63, 3.8) is 0 Å². The van der Waals surface area contributed by atoms with Crippen LogP contribution in [-0.2, 0) is 9.53 Å². The molecule has 0 fully saturated rings. The van der Waals surface area contributed by atoms with Crippen molar-refractivity contribution >= 4 is 23.6 Å². The number of anilines is 1. The number of aromatic nitrogens is 3. The van der Waals surface area contributed by atoms with E-state index in [4.69, 9.17) is 11.1 Å². The third-order valence-electron chi connectivity index (χ3n) is 2.44. The standard InChI is InChI=1S/C11H16F3N7O2/c1-23-9(22)4-2-3-7(15)21-18-5-8(20-21)19-10(16)17-6-11(12,13)14/h5,15H,2-4,6H2,1H3,(H3,16,17,19,20). The molecule has 0 spiro atoms. The minimum atomic E-state index is -4.45. The third-order valence-corrected chi connectivity index (χ3v) is 2.44. The fraction of sp³-hybridized carbons (Fsp3) is 0.545. The van der Waals surface area contributed by atoms with Gasteiger partial charge in [-0.15, -0.1) is 9.90 Å². The molecular weight excluding hydrogens is 319 g/mol. The van der Waals surface area contributed by atoms with Gasteiger partial charge in [-0.1, -0.05) is 0 Å². The zero-order valence-corrected chi connectivity index (χ0v) is 12.2. The maximum Gasteiger partial charge on any atom is 0.408 e. The second-order valence-electron chi connectivity index (χ2n) is 4.34. The summed E-state index contributed by atoms with van der Waals surface area (Å²) in [5.74, 6) is -0.798. The molecule has 4 N–H and O–H groups in total. The molecule has 0 saturated heterocycles. The van der Waals surface area contributed by atoms with Crippen molar-refractivity contribution in [3.05, 3.63) is 6.20 Å². The van der Waals surface area contributed by atoms with Crippen LogP contribution in [0.5, 0.6) is 0 Å². The average Bonchev–Trinajstić information content (AvgIpc) is 2.92. The molecule has 0 aliphatic rings. The van der Waals surface area contributed by atoms with Crippen molar-refractivity contribution in [2.75, 3.05) is 19.0 Å². The highest BCUT2D eigenvalue weighted by atomic mass is 19.4. The Morgan fingerprint density at radius 3 is 2.83 bits per heavy atom. The number of methoxy groups -OCH3 is 1. The predicted molar refractivity (Wildman–Crippen MR) is 75.2 cm³/mol. The first-order chi connectivity index (χ1) is 10.7. The van der Waals surface area contributed by atoms with Crippen LogP contribution in [0.25, 0.3) is 0 Å². The Bertz CT molecular complexity index is 582. The van der Waals surface area contributed by atoms with Gasteiger partial charge in [0.1, 0.15) is 12.4 Å². The minimum absolute atomic E-state index is 0.00718. The molecule has 1 heterocycles. The number of nitrogens with zero attached hydrogens (tertiary/aromatic N) is 4. The lowest BCUT2D eigenvalue weighted by Gasteiger charge is -2.04. The van der Waals surface area contributed by atoms with E-state index in [9.17, 15) is 18.0 Å². The first-order valence-electron chi connectivity index (χ1n) is 6.42. The molecule has 0 saturated carbocycles. The number of alkyl halides is 3. The maximum atomic E-state index is 12.0. The van der Waals surface area contributed by atoms with E-state index in [0.29, 0.717) is 6.42 Å². The van der Waals surface area contributed by atoms with E-state index in [1.165, 1.54) is 13.3 Å². The van der Waals surface area contributed by atoms with Gasteiger partial charge in [0.2, 0.25) is 0 Å². The molecule has 23 heavy (non-hydrogen) atoms. The van der Waals surface area contributed by atoms with Gasteiger partial charge in [-0.05, 0) is 6.42 Å². The molecule has 1 rings (SSSR count). The van der Waals surface area contributed by atoms with E-state index < -0.39 is 18.7 Å². The number of carbonyl (C=O) groups excluding carboxylic acids is 1. The molecule has 0 radical (unpaired) electrons. The Morgan fingerprint density at radius 1 is 1.52 bits per heavy atom. The summed E-state index contributed by atoms with van der Waals surface area (Å²) in [6.07, 6.45) is -2.51. The fourth-order valence-electron chi connectivity index (χ4n) is 1.40. The second-order valence-corrected chi connectivity index (χ2v) is 4.34. The van der Waals surface area contributed by atoms with Gasteiger partial charge < -0.3 is 15.8 Å². The monoisotopic (exact) mass is 335 g/mol. The van der Waals surface area contributed by atoms with Crippen molar-refractivity contribution < 1.29 is 22.7 Å². The Balaban J connectivity index is 2.50. The van der Waals surface area contributed by atoms with Gasteiger partial charge in [0.15, 0.2) is 11.8 Å². The first-order valence-corrected chi connectivity index (χ1v) is 6.42. The van der Waals surface area contributed by atoms with E-state index >= 15 is 0 Å².